The first-order chi connectivity index (χ1) is 7.24. The van der Waals surface area contributed by atoms with Crippen LogP contribution in [0.5, 0.6) is 0 Å². The molecule has 0 aliphatic rings. The summed E-state index contributed by atoms with van der Waals surface area (Å²) in [7, 11) is 0. The smallest absolute Gasteiger partial charge is 0.340 e. The summed E-state index contributed by atoms with van der Waals surface area (Å²) in [6.07, 6.45) is 3.14. The third-order valence-electron chi connectivity index (χ3n) is 2.05. The van der Waals surface area contributed by atoms with Crippen molar-refractivity contribution in [3.8, 4) is 0 Å². The predicted molar refractivity (Wildman–Crippen MR) is 57.1 cm³/mol. The summed E-state index contributed by atoms with van der Waals surface area (Å²) in [5, 5.41) is 1.08. The monoisotopic (exact) mass is 224 g/mol. The molecular formula is C10H9ClN2O2. The maximum atomic E-state index is 11.5. The van der Waals surface area contributed by atoms with Crippen LogP contribution < -0.4 is 0 Å². The summed E-state index contributed by atoms with van der Waals surface area (Å²) in [5.74, 6) is -0.356. The number of rotatable bonds is 2. The number of carbonyl (C=O) groups excluding carboxylic acids is 1. The molecule has 1 N–H and O–H groups in total. The van der Waals surface area contributed by atoms with Gasteiger partial charge in [0.25, 0.3) is 0 Å². The van der Waals surface area contributed by atoms with Gasteiger partial charge in [0.05, 0.1) is 17.7 Å². The molecule has 2 rings (SSSR count). The maximum Gasteiger partial charge on any atom is 0.340 e. The summed E-state index contributed by atoms with van der Waals surface area (Å²) in [6, 6.07) is 1.73. The molecule has 0 amide bonds. The van der Waals surface area contributed by atoms with E-state index in [-0.39, 0.29) is 5.97 Å². The number of carbonyl (C=O) groups is 1. The number of H-pyrrole nitrogens is 1. The van der Waals surface area contributed by atoms with E-state index in [2.05, 4.69) is 9.97 Å². The van der Waals surface area contributed by atoms with Gasteiger partial charge < -0.3 is 9.72 Å². The Bertz CT molecular complexity index is 507. The minimum absolute atomic E-state index is 0.350. The lowest BCUT2D eigenvalue weighted by Crippen LogP contribution is -2.03. The van der Waals surface area contributed by atoms with Crippen LogP contribution in [0.2, 0.25) is 5.15 Å². The van der Waals surface area contributed by atoms with Gasteiger partial charge in [0.2, 0.25) is 0 Å². The molecule has 4 nitrogen and oxygen atoms in total. The molecule has 0 unspecified atom stereocenters. The average molecular weight is 225 g/mol. The standard InChI is InChI=1S/C10H9ClN2O2/c1-2-15-10(14)7-5-13-8-6(7)3-4-12-9(8)11/h3-5,13H,2H2,1H3. The number of halogens is 1. The Morgan fingerprint density at radius 2 is 2.47 bits per heavy atom. The molecule has 0 aliphatic carbocycles. The number of hydrogen-bond donors (Lipinski definition) is 1. The second-order valence-electron chi connectivity index (χ2n) is 2.95. The van der Waals surface area contributed by atoms with Crippen molar-refractivity contribution in [3.63, 3.8) is 0 Å². The van der Waals surface area contributed by atoms with E-state index in [1.54, 1.807) is 25.4 Å². The Kier molecular flexibility index (Phi) is 2.60. The number of nitrogens with one attached hydrogen (secondary N) is 1. The third-order valence-corrected chi connectivity index (χ3v) is 2.34. The van der Waals surface area contributed by atoms with Crippen molar-refractivity contribution in [1.82, 2.24) is 9.97 Å². The quantitative estimate of drug-likeness (QED) is 0.630. The second kappa shape index (κ2) is 3.90. The van der Waals surface area contributed by atoms with Gasteiger partial charge in [0.15, 0.2) is 5.15 Å². The maximum absolute atomic E-state index is 11.5. The summed E-state index contributed by atoms with van der Waals surface area (Å²) >= 11 is 5.86. The largest absolute Gasteiger partial charge is 0.462 e. The lowest BCUT2D eigenvalue weighted by atomic mass is 10.2. The lowest BCUT2D eigenvalue weighted by Gasteiger charge is -1.99. The van der Waals surface area contributed by atoms with E-state index in [9.17, 15) is 4.79 Å². The molecular weight excluding hydrogens is 216 g/mol. The van der Waals surface area contributed by atoms with Crippen molar-refractivity contribution in [1.29, 1.82) is 0 Å². The van der Waals surface area contributed by atoms with Gasteiger partial charge in [0.1, 0.15) is 0 Å². The molecule has 2 aromatic rings. The molecule has 2 heterocycles. The Hall–Kier alpha value is -1.55. The molecule has 78 valence electrons. The van der Waals surface area contributed by atoms with Crippen LogP contribution in [0.15, 0.2) is 18.5 Å². The minimum atomic E-state index is -0.356. The summed E-state index contributed by atoms with van der Waals surface area (Å²) in [5.41, 5.74) is 1.14. The molecule has 0 spiro atoms. The van der Waals surface area contributed by atoms with Gasteiger partial charge in [-0.1, -0.05) is 11.6 Å². The van der Waals surface area contributed by atoms with Crippen LogP contribution in [0.25, 0.3) is 10.9 Å². The van der Waals surface area contributed by atoms with E-state index in [0.717, 1.165) is 5.39 Å². The highest BCUT2D eigenvalue weighted by atomic mass is 35.5. The fourth-order valence-electron chi connectivity index (χ4n) is 1.40. The van der Waals surface area contributed by atoms with E-state index < -0.39 is 0 Å². The molecule has 0 bridgehead atoms. The lowest BCUT2D eigenvalue weighted by molar-refractivity contribution is 0.0529. The number of aromatic nitrogens is 2. The van der Waals surface area contributed by atoms with E-state index in [1.165, 1.54) is 0 Å². The van der Waals surface area contributed by atoms with E-state index in [1.807, 2.05) is 0 Å². The third kappa shape index (κ3) is 1.68. The first-order valence-electron chi connectivity index (χ1n) is 4.52. The van der Waals surface area contributed by atoms with E-state index in [0.29, 0.717) is 22.8 Å². The highest BCUT2D eigenvalue weighted by Crippen LogP contribution is 2.23. The van der Waals surface area contributed by atoms with Crippen molar-refractivity contribution < 1.29 is 9.53 Å². The van der Waals surface area contributed by atoms with Crippen molar-refractivity contribution >= 4 is 28.5 Å². The van der Waals surface area contributed by atoms with Crippen molar-refractivity contribution in [2.75, 3.05) is 6.61 Å². The number of fused-ring (bicyclic) bond motifs is 1. The number of pyridine rings is 1. The predicted octanol–water partition coefficient (Wildman–Crippen LogP) is 2.39. The molecule has 2 aromatic heterocycles. The number of aromatic amines is 1. The van der Waals surface area contributed by atoms with Gasteiger partial charge in [-0.25, -0.2) is 9.78 Å². The minimum Gasteiger partial charge on any atom is -0.462 e. The first kappa shape index (κ1) is 9.98. The van der Waals surface area contributed by atoms with Crippen LogP contribution in [-0.4, -0.2) is 22.5 Å². The number of esters is 1. The topological polar surface area (TPSA) is 55.0 Å². The second-order valence-corrected chi connectivity index (χ2v) is 3.31. The molecule has 0 aliphatic heterocycles. The van der Waals surface area contributed by atoms with Crippen LogP contribution >= 0.6 is 11.6 Å². The zero-order chi connectivity index (χ0) is 10.8. The Balaban J connectivity index is 2.54. The molecule has 0 atom stereocenters. The van der Waals surface area contributed by atoms with Gasteiger partial charge >= 0.3 is 5.97 Å². The summed E-state index contributed by atoms with van der Waals surface area (Å²) in [6.45, 7) is 2.12. The van der Waals surface area contributed by atoms with E-state index >= 15 is 0 Å². The normalized spacial score (nSPS) is 10.5. The average Bonchev–Trinajstić information content (AvgIpc) is 2.63. The van der Waals surface area contributed by atoms with Crippen molar-refractivity contribution in [2.24, 2.45) is 0 Å². The van der Waals surface area contributed by atoms with Crippen LogP contribution in [0.4, 0.5) is 0 Å². The molecule has 15 heavy (non-hydrogen) atoms. The number of nitrogens with zero attached hydrogens (tertiary/aromatic N) is 1. The van der Waals surface area contributed by atoms with Gasteiger partial charge in [-0.15, -0.1) is 0 Å². The SMILES string of the molecule is CCOC(=O)c1c[nH]c2c(Cl)nccc12. The number of ether oxygens (including phenoxy) is 1. The van der Waals surface area contributed by atoms with Crippen molar-refractivity contribution in [2.45, 2.75) is 6.92 Å². The zero-order valence-corrected chi connectivity index (χ0v) is 8.84. The van der Waals surface area contributed by atoms with Crippen molar-refractivity contribution in [3.05, 3.63) is 29.2 Å². The molecule has 5 heteroatoms. The molecule has 0 saturated heterocycles. The van der Waals surface area contributed by atoms with Gasteiger partial charge in [0, 0.05) is 17.8 Å². The fraction of sp³-hybridized carbons (Fsp3) is 0.200. The van der Waals surface area contributed by atoms with Gasteiger partial charge in [-0.2, -0.15) is 0 Å². The van der Waals surface area contributed by atoms with Gasteiger partial charge in [-0.05, 0) is 13.0 Å². The highest BCUT2D eigenvalue weighted by Gasteiger charge is 2.14. The van der Waals surface area contributed by atoms with Crippen LogP contribution in [-0.2, 0) is 4.74 Å². The first-order valence-corrected chi connectivity index (χ1v) is 4.90. The van der Waals surface area contributed by atoms with Crippen LogP contribution in [0.3, 0.4) is 0 Å². The zero-order valence-electron chi connectivity index (χ0n) is 8.08. The van der Waals surface area contributed by atoms with Crippen LogP contribution in [0, 0.1) is 0 Å². The summed E-state index contributed by atoms with van der Waals surface area (Å²) < 4.78 is 4.91. The Morgan fingerprint density at radius 3 is 3.20 bits per heavy atom. The van der Waals surface area contributed by atoms with Gasteiger partial charge in [-0.3, -0.25) is 0 Å². The molecule has 0 aromatic carbocycles. The molecule has 0 fully saturated rings. The molecule has 0 saturated carbocycles. The Labute approximate surface area is 91.2 Å². The van der Waals surface area contributed by atoms with Crippen LogP contribution in [0.1, 0.15) is 17.3 Å². The summed E-state index contributed by atoms with van der Waals surface area (Å²) in [4.78, 5) is 18.3. The number of hydrogen-bond acceptors (Lipinski definition) is 3. The Morgan fingerprint density at radius 1 is 1.67 bits per heavy atom. The highest BCUT2D eigenvalue weighted by molar-refractivity contribution is 6.34. The fourth-order valence-corrected chi connectivity index (χ4v) is 1.61. The van der Waals surface area contributed by atoms with E-state index in [4.69, 9.17) is 16.3 Å². The molecule has 0 radical (unpaired) electrons.